The molecule has 0 heterocycles. The number of amides is 2. The number of nitrogens with zero attached hydrogens (tertiary/aromatic N) is 2. The number of rotatable bonds is 10. The van der Waals surface area contributed by atoms with Crippen LogP contribution in [0.1, 0.15) is 32.8 Å². The van der Waals surface area contributed by atoms with Crippen LogP contribution in [0.15, 0.2) is 65.6 Å². The minimum Gasteiger partial charge on any atom is -0.352 e. The van der Waals surface area contributed by atoms with E-state index in [1.807, 2.05) is 38.1 Å². The van der Waals surface area contributed by atoms with Gasteiger partial charge in [-0.2, -0.15) is 4.31 Å². The third-order valence-corrected chi connectivity index (χ3v) is 8.70. The van der Waals surface area contributed by atoms with Gasteiger partial charge in [-0.3, -0.25) is 9.59 Å². The van der Waals surface area contributed by atoms with Gasteiger partial charge in [0, 0.05) is 29.7 Å². The first-order chi connectivity index (χ1) is 17.4. The topological polar surface area (TPSA) is 86.8 Å². The summed E-state index contributed by atoms with van der Waals surface area (Å²) in [5.41, 5.74) is 0.586. The molecule has 3 aromatic rings. The van der Waals surface area contributed by atoms with Crippen molar-refractivity contribution in [2.45, 2.75) is 50.7 Å². The number of carbonyl (C=O) groups is 2. The molecule has 1 N–H and O–H groups in total. The number of likely N-dealkylation sites (N-methyl/N-ethyl adjacent to an activating group) is 1. The highest BCUT2D eigenvalue weighted by atomic mass is 35.5. The van der Waals surface area contributed by atoms with Gasteiger partial charge in [-0.1, -0.05) is 66.5 Å². The number of hydrogen-bond acceptors (Lipinski definition) is 4. The fourth-order valence-corrected chi connectivity index (χ4v) is 5.38. The fraction of sp³-hybridized carbons (Fsp3) is 0.333. The second-order valence-corrected chi connectivity index (χ2v) is 11.9. The molecule has 0 spiro atoms. The first-order valence-corrected chi connectivity index (χ1v) is 14.1. The summed E-state index contributed by atoms with van der Waals surface area (Å²) >= 11 is 12.4. The molecule has 3 aromatic carbocycles. The molecule has 0 aliphatic rings. The summed E-state index contributed by atoms with van der Waals surface area (Å²) in [6, 6.07) is 16.2. The highest BCUT2D eigenvalue weighted by molar-refractivity contribution is 7.89. The van der Waals surface area contributed by atoms with Gasteiger partial charge in [0.05, 0.1) is 11.4 Å². The number of benzene rings is 3. The van der Waals surface area contributed by atoms with Crippen LogP contribution in [0, 0.1) is 0 Å². The van der Waals surface area contributed by atoms with Gasteiger partial charge in [0.15, 0.2) is 0 Å². The molecular weight excluding hydrogens is 533 g/mol. The zero-order valence-electron chi connectivity index (χ0n) is 21.2. The van der Waals surface area contributed by atoms with E-state index in [-0.39, 0.29) is 23.4 Å². The van der Waals surface area contributed by atoms with E-state index < -0.39 is 28.5 Å². The van der Waals surface area contributed by atoms with Crippen LogP contribution in [0.3, 0.4) is 0 Å². The van der Waals surface area contributed by atoms with Crippen molar-refractivity contribution in [2.24, 2.45) is 0 Å². The molecule has 3 rings (SSSR count). The molecule has 0 fully saturated rings. The van der Waals surface area contributed by atoms with E-state index in [1.54, 1.807) is 37.3 Å². The minimum atomic E-state index is -3.97. The van der Waals surface area contributed by atoms with Crippen LogP contribution in [-0.4, -0.2) is 55.1 Å². The number of carbonyl (C=O) groups excluding carboxylic acids is 2. The Morgan fingerprint density at radius 3 is 2.30 bits per heavy atom. The Morgan fingerprint density at radius 1 is 0.973 bits per heavy atom. The molecule has 7 nitrogen and oxygen atoms in total. The van der Waals surface area contributed by atoms with Crippen LogP contribution in [-0.2, 0) is 26.2 Å². The predicted octanol–water partition coefficient (Wildman–Crippen LogP) is 5.10. The van der Waals surface area contributed by atoms with Crippen LogP contribution >= 0.6 is 23.2 Å². The quantitative estimate of drug-likeness (QED) is 0.371. The van der Waals surface area contributed by atoms with E-state index >= 15 is 0 Å². The van der Waals surface area contributed by atoms with Crippen LogP contribution < -0.4 is 5.32 Å². The molecule has 2 atom stereocenters. The summed E-state index contributed by atoms with van der Waals surface area (Å²) in [5.74, 6) is -0.877. The number of fused-ring (bicyclic) bond motifs is 1. The lowest BCUT2D eigenvalue weighted by Gasteiger charge is -2.31. The largest absolute Gasteiger partial charge is 0.352 e. The third-order valence-electron chi connectivity index (χ3n) is 6.31. The molecule has 0 saturated carbocycles. The summed E-state index contributed by atoms with van der Waals surface area (Å²) in [4.78, 5) is 27.8. The maximum atomic E-state index is 13.5. The maximum absolute atomic E-state index is 13.5. The van der Waals surface area contributed by atoms with Gasteiger partial charge >= 0.3 is 0 Å². The van der Waals surface area contributed by atoms with Gasteiger partial charge < -0.3 is 10.2 Å². The van der Waals surface area contributed by atoms with Crippen LogP contribution in [0.5, 0.6) is 0 Å². The van der Waals surface area contributed by atoms with E-state index in [2.05, 4.69) is 5.32 Å². The average molecular weight is 565 g/mol. The van der Waals surface area contributed by atoms with Gasteiger partial charge in [-0.15, -0.1) is 0 Å². The monoisotopic (exact) mass is 563 g/mol. The van der Waals surface area contributed by atoms with Crippen LogP contribution in [0.2, 0.25) is 10.0 Å². The normalized spacial score (nSPS) is 13.4. The zero-order valence-corrected chi connectivity index (χ0v) is 23.6. The Labute approximate surface area is 228 Å². The smallest absolute Gasteiger partial charge is 0.243 e. The average Bonchev–Trinajstić information content (AvgIpc) is 2.87. The molecule has 37 heavy (non-hydrogen) atoms. The van der Waals surface area contributed by atoms with E-state index in [4.69, 9.17) is 23.2 Å². The summed E-state index contributed by atoms with van der Waals surface area (Å²) in [6.45, 7) is 4.97. The number of halogens is 2. The van der Waals surface area contributed by atoms with Crippen molar-refractivity contribution in [3.63, 3.8) is 0 Å². The van der Waals surface area contributed by atoms with Crippen molar-refractivity contribution < 1.29 is 18.0 Å². The second-order valence-electron chi connectivity index (χ2n) is 9.02. The summed E-state index contributed by atoms with van der Waals surface area (Å²) in [7, 11) is -2.63. The van der Waals surface area contributed by atoms with E-state index in [0.29, 0.717) is 15.6 Å². The number of hydrogen-bond donors (Lipinski definition) is 1. The molecule has 0 bridgehead atoms. The molecule has 0 unspecified atom stereocenters. The standard InChI is InChI=1S/C27H31Cl2N3O4S/c1-5-18(2)30-27(34)19(3)32(16-22-10-12-23(28)15-25(22)29)26(33)17-31(4)37(35,36)24-13-11-20-8-6-7-9-21(20)14-24/h6-15,18-19H,5,16-17H2,1-4H3,(H,30,34)/t18-,19+/m0/s1. The predicted molar refractivity (Wildman–Crippen MR) is 148 cm³/mol. The molecular formula is C27H31Cl2N3O4S. The van der Waals surface area contributed by atoms with Crippen LogP contribution in [0.4, 0.5) is 0 Å². The van der Waals surface area contributed by atoms with Crippen LogP contribution in [0.25, 0.3) is 10.8 Å². The highest BCUT2D eigenvalue weighted by Gasteiger charge is 2.31. The van der Waals surface area contributed by atoms with Gasteiger partial charge in [0.1, 0.15) is 6.04 Å². The van der Waals surface area contributed by atoms with Gasteiger partial charge in [-0.25, -0.2) is 8.42 Å². The molecule has 0 aromatic heterocycles. The van der Waals surface area contributed by atoms with E-state index in [0.717, 1.165) is 21.5 Å². The number of sulfonamides is 1. The first-order valence-electron chi connectivity index (χ1n) is 11.9. The van der Waals surface area contributed by atoms with E-state index in [9.17, 15) is 18.0 Å². The zero-order chi connectivity index (χ0) is 27.3. The summed E-state index contributed by atoms with van der Waals surface area (Å²) in [6.07, 6.45) is 0.724. The van der Waals surface area contributed by atoms with Gasteiger partial charge in [0.2, 0.25) is 21.8 Å². The summed E-state index contributed by atoms with van der Waals surface area (Å²) in [5, 5.41) is 5.35. The Balaban J connectivity index is 1.87. The number of nitrogens with one attached hydrogen (secondary N) is 1. The van der Waals surface area contributed by atoms with Gasteiger partial charge in [-0.05, 0) is 60.9 Å². The molecule has 0 aliphatic carbocycles. The second kappa shape index (κ2) is 12.3. The Bertz CT molecular complexity index is 1400. The Kier molecular flexibility index (Phi) is 9.58. The molecule has 10 heteroatoms. The molecule has 0 aliphatic heterocycles. The fourth-order valence-electron chi connectivity index (χ4n) is 3.76. The SMILES string of the molecule is CC[C@H](C)NC(=O)[C@@H](C)N(Cc1ccc(Cl)cc1Cl)C(=O)CN(C)S(=O)(=O)c1ccc2ccccc2c1. The lowest BCUT2D eigenvalue weighted by Crippen LogP contribution is -2.51. The molecule has 0 radical (unpaired) electrons. The Morgan fingerprint density at radius 2 is 1.65 bits per heavy atom. The first kappa shape index (κ1) is 28.9. The van der Waals surface area contributed by atoms with Crippen molar-refractivity contribution in [3.8, 4) is 0 Å². The Hall–Kier alpha value is -2.65. The van der Waals surface area contributed by atoms with Crippen molar-refractivity contribution in [1.82, 2.24) is 14.5 Å². The van der Waals surface area contributed by atoms with Crippen molar-refractivity contribution in [3.05, 3.63) is 76.3 Å². The molecule has 2 amide bonds. The van der Waals surface area contributed by atoms with Crippen molar-refractivity contribution in [2.75, 3.05) is 13.6 Å². The van der Waals surface area contributed by atoms with Crippen molar-refractivity contribution >= 4 is 55.8 Å². The van der Waals surface area contributed by atoms with E-state index in [1.165, 1.54) is 18.0 Å². The lowest BCUT2D eigenvalue weighted by molar-refractivity contribution is -0.140. The highest BCUT2D eigenvalue weighted by Crippen LogP contribution is 2.24. The third kappa shape index (κ3) is 7.02. The molecule has 0 saturated heterocycles. The van der Waals surface area contributed by atoms with Crippen molar-refractivity contribution in [1.29, 1.82) is 0 Å². The summed E-state index contributed by atoms with van der Waals surface area (Å²) < 4.78 is 27.6. The lowest BCUT2D eigenvalue weighted by atomic mass is 10.1. The minimum absolute atomic E-state index is 0.00773. The van der Waals surface area contributed by atoms with Gasteiger partial charge in [0.25, 0.3) is 0 Å². The maximum Gasteiger partial charge on any atom is 0.243 e. The molecule has 198 valence electrons.